The van der Waals surface area contributed by atoms with Crippen LogP contribution in [0.2, 0.25) is 0 Å². The topological polar surface area (TPSA) is 80.5 Å². The molecular formula is C20H26N2O3S. The lowest BCUT2D eigenvalue weighted by Crippen LogP contribution is -2.29. The number of nitrogens with two attached hydrogens (primary N) is 1. The fourth-order valence-electron chi connectivity index (χ4n) is 2.73. The third kappa shape index (κ3) is 4.93. The summed E-state index contributed by atoms with van der Waals surface area (Å²) in [7, 11) is -1.97. The van der Waals surface area contributed by atoms with E-state index in [4.69, 9.17) is 5.14 Å². The van der Waals surface area contributed by atoms with Gasteiger partial charge in [-0.1, -0.05) is 37.6 Å². The highest BCUT2D eigenvalue weighted by atomic mass is 32.2. The number of amides is 1. The summed E-state index contributed by atoms with van der Waals surface area (Å²) in [4.78, 5) is 14.4. The lowest BCUT2D eigenvalue weighted by atomic mass is 10.0. The van der Waals surface area contributed by atoms with Gasteiger partial charge in [0, 0.05) is 12.6 Å². The van der Waals surface area contributed by atoms with Gasteiger partial charge in [-0.3, -0.25) is 4.79 Å². The number of aryl methyl sites for hydroxylation is 1. The molecule has 0 bridgehead atoms. The van der Waals surface area contributed by atoms with Crippen LogP contribution in [-0.2, 0) is 16.4 Å². The van der Waals surface area contributed by atoms with Gasteiger partial charge in [-0.25, -0.2) is 13.6 Å². The van der Waals surface area contributed by atoms with Gasteiger partial charge >= 0.3 is 0 Å². The maximum atomic E-state index is 12.7. The van der Waals surface area contributed by atoms with E-state index in [1.807, 2.05) is 31.2 Å². The Morgan fingerprint density at radius 3 is 2.15 bits per heavy atom. The van der Waals surface area contributed by atoms with Crippen LogP contribution in [0.25, 0.3) is 0 Å². The highest BCUT2D eigenvalue weighted by molar-refractivity contribution is 7.89. The maximum Gasteiger partial charge on any atom is 0.254 e. The number of hydrogen-bond donors (Lipinski definition) is 1. The third-order valence-corrected chi connectivity index (χ3v) is 5.54. The Labute approximate surface area is 155 Å². The molecule has 0 aromatic heterocycles. The smallest absolute Gasteiger partial charge is 0.254 e. The Morgan fingerprint density at radius 2 is 1.65 bits per heavy atom. The van der Waals surface area contributed by atoms with Gasteiger partial charge in [0.1, 0.15) is 0 Å². The number of hydrogen-bond acceptors (Lipinski definition) is 3. The van der Waals surface area contributed by atoms with Gasteiger partial charge in [0.25, 0.3) is 5.91 Å². The average molecular weight is 375 g/mol. The summed E-state index contributed by atoms with van der Waals surface area (Å²) in [5, 5.41) is 5.12. The highest BCUT2D eigenvalue weighted by Crippen LogP contribution is 2.22. The summed E-state index contributed by atoms with van der Waals surface area (Å²) in [5.74, 6) is -0.0740. The Kier molecular flexibility index (Phi) is 6.56. The Hall–Kier alpha value is -2.18. The molecule has 26 heavy (non-hydrogen) atoms. The fourth-order valence-corrected chi connectivity index (χ4v) is 3.25. The Balaban J connectivity index is 2.11. The molecule has 0 saturated carbocycles. The number of rotatable bonds is 7. The molecule has 5 nitrogen and oxygen atoms in total. The molecule has 0 aliphatic heterocycles. The van der Waals surface area contributed by atoms with Crippen molar-refractivity contribution in [2.75, 3.05) is 7.05 Å². The van der Waals surface area contributed by atoms with Crippen molar-refractivity contribution in [3.63, 3.8) is 0 Å². The van der Waals surface area contributed by atoms with Gasteiger partial charge in [-0.15, -0.1) is 0 Å². The van der Waals surface area contributed by atoms with Crippen molar-refractivity contribution in [3.05, 3.63) is 65.2 Å². The van der Waals surface area contributed by atoms with E-state index in [9.17, 15) is 13.2 Å². The normalized spacial score (nSPS) is 12.6. The van der Waals surface area contributed by atoms with Crippen LogP contribution in [0.4, 0.5) is 0 Å². The fraction of sp³-hybridized carbons (Fsp3) is 0.350. The summed E-state index contributed by atoms with van der Waals surface area (Å²) in [5.41, 5.74) is 2.71. The zero-order chi connectivity index (χ0) is 19.3. The van der Waals surface area contributed by atoms with Crippen LogP contribution in [0.5, 0.6) is 0 Å². The lowest BCUT2D eigenvalue weighted by molar-refractivity contribution is 0.0742. The minimum Gasteiger partial charge on any atom is -0.335 e. The SMILES string of the molecule is CCCCc1ccc(C(=O)N(C)[C@H](C)c2ccc(S(N)(=O)=O)cc2)cc1. The second-order valence-electron chi connectivity index (χ2n) is 6.51. The summed E-state index contributed by atoms with van der Waals surface area (Å²) in [6.45, 7) is 4.06. The first-order valence-electron chi connectivity index (χ1n) is 8.73. The van der Waals surface area contributed by atoms with Crippen molar-refractivity contribution in [2.45, 2.75) is 44.0 Å². The first kappa shape index (κ1) is 20.1. The van der Waals surface area contributed by atoms with Gasteiger partial charge < -0.3 is 4.90 Å². The second-order valence-corrected chi connectivity index (χ2v) is 8.07. The predicted octanol–water partition coefficient (Wildman–Crippen LogP) is 3.51. The third-order valence-electron chi connectivity index (χ3n) is 4.61. The van der Waals surface area contributed by atoms with Crippen LogP contribution in [0.15, 0.2) is 53.4 Å². The molecule has 0 spiro atoms. The molecule has 140 valence electrons. The van der Waals surface area contributed by atoms with Crippen molar-refractivity contribution in [2.24, 2.45) is 5.14 Å². The van der Waals surface area contributed by atoms with E-state index in [0.717, 1.165) is 24.8 Å². The predicted molar refractivity (Wildman–Crippen MR) is 103 cm³/mol. The van der Waals surface area contributed by atoms with Crippen LogP contribution in [-0.4, -0.2) is 26.3 Å². The summed E-state index contributed by atoms with van der Waals surface area (Å²) >= 11 is 0. The van der Waals surface area contributed by atoms with E-state index >= 15 is 0 Å². The van der Waals surface area contributed by atoms with Crippen LogP contribution in [0, 0.1) is 0 Å². The molecule has 0 unspecified atom stereocenters. The molecule has 0 aliphatic rings. The van der Waals surface area contributed by atoms with Gasteiger partial charge in [-0.05, 0) is 55.2 Å². The summed E-state index contributed by atoms with van der Waals surface area (Å²) in [6.07, 6.45) is 3.30. The molecule has 2 rings (SSSR count). The lowest BCUT2D eigenvalue weighted by Gasteiger charge is -2.25. The number of benzene rings is 2. The molecule has 1 amide bonds. The molecule has 0 fully saturated rings. The summed E-state index contributed by atoms with van der Waals surface area (Å²) in [6, 6.07) is 13.8. The van der Waals surface area contributed by atoms with Crippen molar-refractivity contribution in [1.82, 2.24) is 4.90 Å². The van der Waals surface area contributed by atoms with E-state index in [0.29, 0.717) is 5.56 Å². The van der Waals surface area contributed by atoms with E-state index in [2.05, 4.69) is 6.92 Å². The van der Waals surface area contributed by atoms with E-state index in [1.54, 1.807) is 24.1 Å². The number of carbonyl (C=O) groups is 1. The maximum absolute atomic E-state index is 12.7. The standard InChI is InChI=1S/C20H26N2O3S/c1-4-5-6-16-7-9-18(10-8-16)20(23)22(3)15(2)17-11-13-19(14-12-17)26(21,24)25/h7-15H,4-6H2,1-3H3,(H2,21,24,25)/t15-/m1/s1. The number of nitrogens with zero attached hydrogens (tertiary/aromatic N) is 1. The molecular weight excluding hydrogens is 348 g/mol. The first-order chi connectivity index (χ1) is 12.2. The van der Waals surface area contributed by atoms with E-state index < -0.39 is 10.0 Å². The molecule has 2 aromatic carbocycles. The molecule has 2 aromatic rings. The van der Waals surface area contributed by atoms with Crippen molar-refractivity contribution < 1.29 is 13.2 Å². The van der Waals surface area contributed by atoms with Gasteiger partial charge in [0.15, 0.2) is 0 Å². The molecule has 0 radical (unpaired) electrons. The number of unbranched alkanes of at least 4 members (excludes halogenated alkanes) is 1. The molecule has 1 atom stereocenters. The molecule has 6 heteroatoms. The van der Waals surface area contributed by atoms with Crippen LogP contribution in [0.1, 0.15) is 54.2 Å². The van der Waals surface area contributed by atoms with Gasteiger partial charge in [-0.2, -0.15) is 0 Å². The molecule has 0 aliphatic carbocycles. The minimum atomic E-state index is -3.72. The van der Waals surface area contributed by atoms with Crippen LogP contribution in [0.3, 0.4) is 0 Å². The summed E-state index contributed by atoms with van der Waals surface area (Å²) < 4.78 is 22.7. The quantitative estimate of drug-likeness (QED) is 0.805. The molecule has 0 heterocycles. The van der Waals surface area contributed by atoms with E-state index in [1.165, 1.54) is 17.7 Å². The Morgan fingerprint density at radius 1 is 1.08 bits per heavy atom. The zero-order valence-electron chi connectivity index (χ0n) is 15.5. The second kappa shape index (κ2) is 8.47. The van der Waals surface area contributed by atoms with Crippen LogP contribution < -0.4 is 5.14 Å². The number of sulfonamides is 1. The monoisotopic (exact) mass is 374 g/mol. The highest BCUT2D eigenvalue weighted by Gasteiger charge is 2.19. The molecule has 2 N–H and O–H groups in total. The first-order valence-corrected chi connectivity index (χ1v) is 10.3. The zero-order valence-corrected chi connectivity index (χ0v) is 16.3. The average Bonchev–Trinajstić information content (AvgIpc) is 2.64. The van der Waals surface area contributed by atoms with Gasteiger partial charge in [0.2, 0.25) is 10.0 Å². The number of carbonyl (C=O) groups excluding carboxylic acids is 1. The van der Waals surface area contributed by atoms with Crippen molar-refractivity contribution in [1.29, 1.82) is 0 Å². The van der Waals surface area contributed by atoms with Crippen LogP contribution >= 0.6 is 0 Å². The van der Waals surface area contributed by atoms with Crippen molar-refractivity contribution in [3.8, 4) is 0 Å². The van der Waals surface area contributed by atoms with Crippen molar-refractivity contribution >= 4 is 15.9 Å². The van der Waals surface area contributed by atoms with Gasteiger partial charge in [0.05, 0.1) is 10.9 Å². The largest absolute Gasteiger partial charge is 0.335 e. The molecule has 0 saturated heterocycles. The minimum absolute atomic E-state index is 0.0603. The Bertz CT molecular complexity index is 844. The number of primary sulfonamides is 1. The van der Waals surface area contributed by atoms with E-state index in [-0.39, 0.29) is 16.8 Å².